The second-order valence-corrected chi connectivity index (χ2v) is 7.81. The fourth-order valence-corrected chi connectivity index (χ4v) is 3.88. The fraction of sp³-hybridized carbons (Fsp3) is 0.318. The molecule has 0 radical (unpaired) electrons. The molecule has 8 nitrogen and oxygen atoms in total. The standard InChI is InChI=1S/C22H19F3N4O4/c23-22(24,25)15-4-1-5-16(10-15)26-21(30)29-8-2-3-14(11-29)20-28-27-19(33-20)13-6-7-17-18(9-13)32-12-31-17/h1,4-7,9-10,14H,2-3,8,11-12H2,(H,26,30). The number of nitrogens with zero attached hydrogens (tertiary/aromatic N) is 3. The van der Waals surface area contributed by atoms with E-state index in [0.29, 0.717) is 48.4 Å². The smallest absolute Gasteiger partial charge is 0.416 e. The number of urea groups is 1. The lowest BCUT2D eigenvalue weighted by Crippen LogP contribution is -2.41. The molecule has 2 aliphatic heterocycles. The quantitative estimate of drug-likeness (QED) is 0.598. The van der Waals surface area contributed by atoms with Gasteiger partial charge in [0.05, 0.1) is 11.5 Å². The molecule has 0 aliphatic carbocycles. The molecule has 1 atom stereocenters. The second-order valence-electron chi connectivity index (χ2n) is 7.81. The first-order valence-corrected chi connectivity index (χ1v) is 10.3. The minimum Gasteiger partial charge on any atom is -0.454 e. The first-order chi connectivity index (χ1) is 15.9. The summed E-state index contributed by atoms with van der Waals surface area (Å²) in [6.07, 6.45) is -3.04. The fourth-order valence-electron chi connectivity index (χ4n) is 3.88. The van der Waals surface area contributed by atoms with Crippen LogP contribution in [0.25, 0.3) is 11.5 Å². The predicted molar refractivity (Wildman–Crippen MR) is 110 cm³/mol. The van der Waals surface area contributed by atoms with E-state index in [1.807, 2.05) is 0 Å². The van der Waals surface area contributed by atoms with Crippen molar-refractivity contribution in [2.75, 3.05) is 25.2 Å². The van der Waals surface area contributed by atoms with Gasteiger partial charge < -0.3 is 24.1 Å². The van der Waals surface area contributed by atoms with Gasteiger partial charge in [0.15, 0.2) is 11.5 Å². The van der Waals surface area contributed by atoms with Crippen LogP contribution >= 0.6 is 0 Å². The Kier molecular flexibility index (Phi) is 5.31. The van der Waals surface area contributed by atoms with Crippen molar-refractivity contribution in [2.24, 2.45) is 0 Å². The van der Waals surface area contributed by atoms with Gasteiger partial charge in [0.25, 0.3) is 0 Å². The SMILES string of the molecule is O=C(Nc1cccc(C(F)(F)F)c1)N1CCCC(c2nnc(-c3ccc4c(c3)OCO4)o2)C1. The third kappa shape index (κ3) is 4.43. The van der Waals surface area contributed by atoms with Crippen molar-refractivity contribution in [3.63, 3.8) is 0 Å². The highest BCUT2D eigenvalue weighted by atomic mass is 19.4. The molecule has 1 aromatic heterocycles. The Morgan fingerprint density at radius 1 is 1.09 bits per heavy atom. The number of ether oxygens (including phenoxy) is 2. The number of carbonyl (C=O) groups excluding carboxylic acids is 1. The molecule has 1 unspecified atom stereocenters. The number of benzene rings is 2. The highest BCUT2D eigenvalue weighted by molar-refractivity contribution is 5.89. The summed E-state index contributed by atoms with van der Waals surface area (Å²) in [4.78, 5) is 14.2. The third-order valence-corrected chi connectivity index (χ3v) is 5.56. The summed E-state index contributed by atoms with van der Waals surface area (Å²) in [6.45, 7) is 0.951. The van der Waals surface area contributed by atoms with Crippen LogP contribution in [0, 0.1) is 0 Å². The molecule has 2 amide bonds. The van der Waals surface area contributed by atoms with Crippen molar-refractivity contribution in [3.8, 4) is 23.0 Å². The molecule has 11 heteroatoms. The van der Waals surface area contributed by atoms with Gasteiger partial charge in [-0.05, 0) is 49.2 Å². The zero-order chi connectivity index (χ0) is 23.0. The van der Waals surface area contributed by atoms with E-state index < -0.39 is 17.8 Å². The maximum Gasteiger partial charge on any atom is 0.416 e. The average Bonchev–Trinajstić information content (AvgIpc) is 3.48. The van der Waals surface area contributed by atoms with Crippen molar-refractivity contribution >= 4 is 11.7 Å². The van der Waals surface area contributed by atoms with E-state index >= 15 is 0 Å². The normalized spacial score (nSPS) is 17.8. The van der Waals surface area contributed by atoms with Crippen LogP contribution in [0.15, 0.2) is 46.9 Å². The maximum atomic E-state index is 12.9. The van der Waals surface area contributed by atoms with Gasteiger partial charge in [-0.3, -0.25) is 0 Å². The maximum absolute atomic E-state index is 12.9. The number of hydrogen-bond donors (Lipinski definition) is 1. The van der Waals surface area contributed by atoms with Gasteiger partial charge in [-0.1, -0.05) is 6.07 Å². The van der Waals surface area contributed by atoms with Crippen LogP contribution in [0.1, 0.15) is 30.2 Å². The largest absolute Gasteiger partial charge is 0.454 e. The Morgan fingerprint density at radius 2 is 1.94 bits per heavy atom. The monoisotopic (exact) mass is 460 g/mol. The molecule has 2 aromatic carbocycles. The minimum atomic E-state index is -4.48. The Bertz CT molecular complexity index is 1180. The molecule has 0 bridgehead atoms. The van der Waals surface area contributed by atoms with Crippen LogP contribution in [0.2, 0.25) is 0 Å². The molecule has 1 saturated heterocycles. The molecular weight excluding hydrogens is 441 g/mol. The molecule has 1 N–H and O–H groups in total. The Hall–Kier alpha value is -3.76. The molecule has 1 fully saturated rings. The van der Waals surface area contributed by atoms with Gasteiger partial charge in [0.1, 0.15) is 0 Å². The topological polar surface area (TPSA) is 89.7 Å². The number of halogens is 3. The van der Waals surface area contributed by atoms with Gasteiger partial charge >= 0.3 is 12.2 Å². The number of carbonyl (C=O) groups is 1. The first-order valence-electron chi connectivity index (χ1n) is 10.3. The zero-order valence-corrected chi connectivity index (χ0v) is 17.3. The molecule has 3 heterocycles. The number of nitrogens with one attached hydrogen (secondary N) is 1. The number of rotatable bonds is 3. The predicted octanol–water partition coefficient (Wildman–Crippen LogP) is 4.90. The molecule has 0 saturated carbocycles. The van der Waals surface area contributed by atoms with E-state index in [0.717, 1.165) is 18.6 Å². The van der Waals surface area contributed by atoms with Crippen LogP contribution in [0.3, 0.4) is 0 Å². The Balaban J connectivity index is 1.26. The first kappa shape index (κ1) is 21.1. The van der Waals surface area contributed by atoms with Crippen molar-refractivity contribution < 1.29 is 31.9 Å². The minimum absolute atomic E-state index is 0.0832. The van der Waals surface area contributed by atoms with Gasteiger partial charge in [0.2, 0.25) is 18.6 Å². The van der Waals surface area contributed by atoms with Gasteiger partial charge in [-0.2, -0.15) is 13.2 Å². The van der Waals surface area contributed by atoms with E-state index in [1.165, 1.54) is 12.1 Å². The summed E-state index contributed by atoms with van der Waals surface area (Å²) in [5.41, 5.74) is -0.0495. The molecular formula is C22H19F3N4O4. The number of fused-ring (bicyclic) bond motifs is 1. The lowest BCUT2D eigenvalue weighted by molar-refractivity contribution is -0.137. The second kappa shape index (κ2) is 8.30. The summed E-state index contributed by atoms with van der Waals surface area (Å²) >= 11 is 0. The van der Waals surface area contributed by atoms with E-state index in [2.05, 4.69) is 15.5 Å². The van der Waals surface area contributed by atoms with Crippen molar-refractivity contribution in [1.82, 2.24) is 15.1 Å². The third-order valence-electron chi connectivity index (χ3n) is 5.56. The summed E-state index contributed by atoms with van der Waals surface area (Å²) in [5.74, 6) is 1.80. The lowest BCUT2D eigenvalue weighted by Gasteiger charge is -2.31. The van der Waals surface area contributed by atoms with Crippen LogP contribution in [-0.4, -0.2) is 41.0 Å². The number of amides is 2. The van der Waals surface area contributed by atoms with E-state index in [1.54, 1.807) is 23.1 Å². The number of hydrogen-bond acceptors (Lipinski definition) is 6. The van der Waals surface area contributed by atoms with Crippen LogP contribution in [0.4, 0.5) is 23.7 Å². The molecule has 2 aliphatic rings. The van der Waals surface area contributed by atoms with Crippen LogP contribution < -0.4 is 14.8 Å². The molecule has 3 aromatic rings. The van der Waals surface area contributed by atoms with Crippen LogP contribution in [0.5, 0.6) is 11.5 Å². The summed E-state index contributed by atoms with van der Waals surface area (Å²) < 4.78 is 55.3. The number of likely N-dealkylation sites (tertiary alicyclic amines) is 1. The Morgan fingerprint density at radius 3 is 2.79 bits per heavy atom. The summed E-state index contributed by atoms with van der Waals surface area (Å²) in [7, 11) is 0. The lowest BCUT2D eigenvalue weighted by atomic mass is 9.98. The van der Waals surface area contributed by atoms with E-state index in [9.17, 15) is 18.0 Å². The molecule has 33 heavy (non-hydrogen) atoms. The van der Waals surface area contributed by atoms with Gasteiger partial charge in [0, 0.05) is 24.3 Å². The highest BCUT2D eigenvalue weighted by Crippen LogP contribution is 2.36. The summed E-state index contributed by atoms with van der Waals surface area (Å²) in [5, 5.41) is 10.8. The van der Waals surface area contributed by atoms with Crippen molar-refractivity contribution in [2.45, 2.75) is 24.9 Å². The summed E-state index contributed by atoms with van der Waals surface area (Å²) in [6, 6.07) is 9.39. The highest BCUT2D eigenvalue weighted by Gasteiger charge is 2.32. The Labute approximate surface area is 186 Å². The number of piperidine rings is 1. The van der Waals surface area contributed by atoms with Crippen molar-refractivity contribution in [3.05, 3.63) is 53.9 Å². The zero-order valence-electron chi connectivity index (χ0n) is 17.3. The number of aromatic nitrogens is 2. The van der Waals surface area contributed by atoms with Gasteiger partial charge in [-0.25, -0.2) is 4.79 Å². The number of alkyl halides is 3. The molecule has 5 rings (SSSR count). The van der Waals surface area contributed by atoms with Gasteiger partial charge in [-0.15, -0.1) is 10.2 Å². The van der Waals surface area contributed by atoms with Crippen LogP contribution in [-0.2, 0) is 6.18 Å². The van der Waals surface area contributed by atoms with E-state index in [-0.39, 0.29) is 18.4 Å². The molecule has 0 spiro atoms. The average molecular weight is 460 g/mol. The molecule has 172 valence electrons. The van der Waals surface area contributed by atoms with Crippen molar-refractivity contribution in [1.29, 1.82) is 0 Å². The van der Waals surface area contributed by atoms with E-state index in [4.69, 9.17) is 13.9 Å². The number of anilines is 1.